The lowest BCUT2D eigenvalue weighted by atomic mass is 10.00. The molecule has 1 aliphatic heterocycles. The molecule has 2 heterocycles. The molecule has 1 fully saturated rings. The van der Waals surface area contributed by atoms with Crippen molar-refractivity contribution in [1.82, 2.24) is 19.8 Å². The van der Waals surface area contributed by atoms with E-state index >= 15 is 0 Å². The van der Waals surface area contributed by atoms with Crippen molar-refractivity contribution in [2.75, 3.05) is 26.8 Å². The van der Waals surface area contributed by atoms with Crippen LogP contribution in [0.4, 0.5) is 0 Å². The Morgan fingerprint density at radius 3 is 3.00 bits per heavy atom. The van der Waals surface area contributed by atoms with Crippen LogP contribution in [0.2, 0.25) is 0 Å². The Hall–Kier alpha value is -2.41. The maximum atomic E-state index is 13.4. The van der Waals surface area contributed by atoms with Crippen LogP contribution in [0, 0.1) is 5.92 Å². The standard InChI is InChI=1S/C22H32N4O3/c1-3-4-8-17(15-23-16-27)22(28)26-12-7-11-20(26)21-24-18-9-5-6-10-19(18)25(21)13-14-29-2/h5-6,9-10,16-17,20H,3-4,7-8,11-15H2,1-2H3,(H,23,27)/t17-,20+/m1/s1. The van der Waals surface area contributed by atoms with Crippen molar-refractivity contribution in [3.63, 3.8) is 0 Å². The highest BCUT2D eigenvalue weighted by molar-refractivity contribution is 5.81. The second kappa shape index (κ2) is 10.4. The zero-order chi connectivity index (χ0) is 20.6. The van der Waals surface area contributed by atoms with Gasteiger partial charge >= 0.3 is 0 Å². The number of carbonyl (C=O) groups excluding carboxylic acids is 2. The number of imidazole rings is 1. The third-order valence-corrected chi connectivity index (χ3v) is 5.74. The summed E-state index contributed by atoms with van der Waals surface area (Å²) in [6.07, 6.45) is 5.34. The molecule has 1 saturated heterocycles. The van der Waals surface area contributed by atoms with Gasteiger partial charge in [0.2, 0.25) is 12.3 Å². The van der Waals surface area contributed by atoms with Crippen molar-refractivity contribution in [2.24, 2.45) is 5.92 Å². The fourth-order valence-corrected chi connectivity index (χ4v) is 4.25. The monoisotopic (exact) mass is 400 g/mol. The molecular weight excluding hydrogens is 368 g/mol. The highest BCUT2D eigenvalue weighted by Crippen LogP contribution is 2.35. The van der Waals surface area contributed by atoms with Crippen molar-refractivity contribution in [3.05, 3.63) is 30.1 Å². The summed E-state index contributed by atoms with van der Waals surface area (Å²) in [4.78, 5) is 31.1. The number of para-hydroxylation sites is 2. The van der Waals surface area contributed by atoms with Gasteiger partial charge in [-0.25, -0.2) is 4.98 Å². The molecular formula is C22H32N4O3. The van der Waals surface area contributed by atoms with E-state index in [-0.39, 0.29) is 17.9 Å². The SMILES string of the molecule is CCCC[C@H](CNC=O)C(=O)N1CCC[C@H]1c1nc2ccccc2n1CCOC. The zero-order valence-corrected chi connectivity index (χ0v) is 17.5. The summed E-state index contributed by atoms with van der Waals surface area (Å²) in [5, 5.41) is 2.71. The number of benzene rings is 1. The molecule has 0 aliphatic carbocycles. The van der Waals surface area contributed by atoms with Crippen LogP contribution in [0.5, 0.6) is 0 Å². The molecule has 0 spiro atoms. The Labute approximate surface area is 172 Å². The minimum atomic E-state index is -0.183. The van der Waals surface area contributed by atoms with Gasteiger partial charge in [0.25, 0.3) is 0 Å². The molecule has 2 amide bonds. The van der Waals surface area contributed by atoms with Crippen molar-refractivity contribution >= 4 is 23.4 Å². The van der Waals surface area contributed by atoms with E-state index in [0.29, 0.717) is 26.1 Å². The van der Waals surface area contributed by atoms with Crippen LogP contribution in [0.3, 0.4) is 0 Å². The Morgan fingerprint density at radius 1 is 1.41 bits per heavy atom. The fraction of sp³-hybridized carbons (Fsp3) is 0.591. The van der Waals surface area contributed by atoms with E-state index in [2.05, 4.69) is 22.9 Å². The molecule has 29 heavy (non-hydrogen) atoms. The number of carbonyl (C=O) groups is 2. The molecule has 7 nitrogen and oxygen atoms in total. The number of aromatic nitrogens is 2. The number of hydrogen-bond donors (Lipinski definition) is 1. The largest absolute Gasteiger partial charge is 0.383 e. The van der Waals surface area contributed by atoms with Crippen molar-refractivity contribution in [1.29, 1.82) is 0 Å². The molecule has 2 atom stereocenters. The first kappa shape index (κ1) is 21.3. The van der Waals surface area contributed by atoms with Crippen molar-refractivity contribution in [2.45, 2.75) is 51.6 Å². The van der Waals surface area contributed by atoms with Gasteiger partial charge in [-0.15, -0.1) is 0 Å². The molecule has 1 aromatic heterocycles. The predicted molar refractivity (Wildman–Crippen MR) is 112 cm³/mol. The molecule has 2 aromatic rings. The highest BCUT2D eigenvalue weighted by atomic mass is 16.5. The molecule has 1 aromatic carbocycles. The van der Waals surface area contributed by atoms with E-state index in [4.69, 9.17) is 9.72 Å². The molecule has 3 rings (SSSR count). The first-order chi connectivity index (χ1) is 14.2. The van der Waals surface area contributed by atoms with Gasteiger partial charge in [0, 0.05) is 26.7 Å². The fourth-order valence-electron chi connectivity index (χ4n) is 4.25. The van der Waals surface area contributed by atoms with Crippen LogP contribution in [-0.4, -0.2) is 53.6 Å². The van der Waals surface area contributed by atoms with Crippen LogP contribution in [0.25, 0.3) is 11.0 Å². The molecule has 158 valence electrons. The van der Waals surface area contributed by atoms with Gasteiger partial charge in [0.15, 0.2) is 0 Å². The number of ether oxygens (including phenoxy) is 1. The lowest BCUT2D eigenvalue weighted by Gasteiger charge is -2.29. The minimum absolute atomic E-state index is 0.0351. The smallest absolute Gasteiger partial charge is 0.228 e. The van der Waals surface area contributed by atoms with Gasteiger partial charge in [-0.3, -0.25) is 9.59 Å². The Bertz CT molecular complexity index is 819. The van der Waals surface area contributed by atoms with Crippen LogP contribution in [-0.2, 0) is 20.9 Å². The lowest BCUT2D eigenvalue weighted by Crippen LogP contribution is -2.40. The van der Waals surface area contributed by atoms with E-state index in [9.17, 15) is 9.59 Å². The topological polar surface area (TPSA) is 76.5 Å². The number of methoxy groups -OCH3 is 1. The first-order valence-electron chi connectivity index (χ1n) is 10.6. The average molecular weight is 401 g/mol. The van der Waals surface area contributed by atoms with Gasteiger partial charge in [-0.2, -0.15) is 0 Å². The number of fused-ring (bicyclic) bond motifs is 1. The second-order valence-corrected chi connectivity index (χ2v) is 7.66. The summed E-state index contributed by atoms with van der Waals surface area (Å²) in [6, 6.07) is 8.05. The number of likely N-dealkylation sites (tertiary alicyclic amines) is 1. The Balaban J connectivity index is 1.89. The summed E-state index contributed by atoms with van der Waals surface area (Å²) >= 11 is 0. The molecule has 0 bridgehead atoms. The summed E-state index contributed by atoms with van der Waals surface area (Å²) in [6.45, 7) is 4.55. The lowest BCUT2D eigenvalue weighted by molar-refractivity contribution is -0.136. The number of nitrogens with one attached hydrogen (secondary N) is 1. The van der Waals surface area contributed by atoms with Gasteiger partial charge in [-0.05, 0) is 31.4 Å². The number of unbranched alkanes of at least 4 members (excludes halogenated alkanes) is 1. The van der Waals surface area contributed by atoms with Crippen LogP contribution in [0.15, 0.2) is 24.3 Å². The number of hydrogen-bond acceptors (Lipinski definition) is 4. The third-order valence-electron chi connectivity index (χ3n) is 5.74. The number of amides is 2. The normalized spacial score (nSPS) is 17.6. The minimum Gasteiger partial charge on any atom is -0.383 e. The molecule has 1 aliphatic rings. The van der Waals surface area contributed by atoms with Gasteiger partial charge in [0.05, 0.1) is 29.6 Å². The van der Waals surface area contributed by atoms with Crippen LogP contribution >= 0.6 is 0 Å². The molecule has 0 saturated carbocycles. The molecule has 0 unspecified atom stereocenters. The maximum absolute atomic E-state index is 13.4. The highest BCUT2D eigenvalue weighted by Gasteiger charge is 2.36. The van der Waals surface area contributed by atoms with E-state index in [1.807, 2.05) is 23.1 Å². The van der Waals surface area contributed by atoms with E-state index in [0.717, 1.165) is 55.5 Å². The Morgan fingerprint density at radius 2 is 2.24 bits per heavy atom. The Kier molecular flexibility index (Phi) is 7.63. The number of rotatable bonds is 11. The summed E-state index contributed by atoms with van der Waals surface area (Å²) in [7, 11) is 1.70. The van der Waals surface area contributed by atoms with Crippen molar-refractivity contribution in [3.8, 4) is 0 Å². The van der Waals surface area contributed by atoms with E-state index in [1.165, 1.54) is 0 Å². The molecule has 0 radical (unpaired) electrons. The summed E-state index contributed by atoms with van der Waals surface area (Å²) < 4.78 is 7.51. The third kappa shape index (κ3) is 4.78. The van der Waals surface area contributed by atoms with Gasteiger partial charge in [0.1, 0.15) is 5.82 Å². The first-order valence-corrected chi connectivity index (χ1v) is 10.6. The number of nitrogens with zero attached hydrogens (tertiary/aromatic N) is 3. The van der Waals surface area contributed by atoms with E-state index in [1.54, 1.807) is 7.11 Å². The average Bonchev–Trinajstić information content (AvgIpc) is 3.36. The molecule has 1 N–H and O–H groups in total. The van der Waals surface area contributed by atoms with Crippen LogP contribution in [0.1, 0.15) is 50.9 Å². The predicted octanol–water partition coefficient (Wildman–Crippen LogP) is 2.90. The van der Waals surface area contributed by atoms with Crippen LogP contribution < -0.4 is 5.32 Å². The van der Waals surface area contributed by atoms with Gasteiger partial charge in [-0.1, -0.05) is 31.9 Å². The van der Waals surface area contributed by atoms with Gasteiger partial charge < -0.3 is 19.5 Å². The second-order valence-electron chi connectivity index (χ2n) is 7.66. The molecule has 7 heteroatoms. The summed E-state index contributed by atoms with van der Waals surface area (Å²) in [5.74, 6) is 0.880. The zero-order valence-electron chi connectivity index (χ0n) is 17.5. The van der Waals surface area contributed by atoms with E-state index < -0.39 is 0 Å². The summed E-state index contributed by atoms with van der Waals surface area (Å²) in [5.41, 5.74) is 2.02. The quantitative estimate of drug-likeness (QED) is 0.589. The van der Waals surface area contributed by atoms with Crippen molar-refractivity contribution < 1.29 is 14.3 Å². The maximum Gasteiger partial charge on any atom is 0.228 e.